The van der Waals surface area contributed by atoms with Crippen LogP contribution in [0, 0.1) is 13.8 Å². The molecule has 0 amide bonds. The van der Waals surface area contributed by atoms with Crippen LogP contribution in [0.25, 0.3) is 0 Å². The second-order valence-corrected chi connectivity index (χ2v) is 5.92. The van der Waals surface area contributed by atoms with Crippen LogP contribution in [-0.2, 0) is 4.74 Å². The molecule has 1 aromatic carbocycles. The highest BCUT2D eigenvalue weighted by atomic mass is 35.5. The van der Waals surface area contributed by atoms with Crippen LogP contribution in [0.4, 0.5) is 0 Å². The molecule has 1 heterocycles. The third-order valence-electron chi connectivity index (χ3n) is 4.07. The molecule has 3 heteroatoms. The Balaban J connectivity index is 2.05. The molecule has 2 nitrogen and oxygen atoms in total. The maximum Gasteiger partial charge on any atom is 0.0576 e. The summed E-state index contributed by atoms with van der Waals surface area (Å²) < 4.78 is 5.71. The van der Waals surface area contributed by atoms with Crippen molar-refractivity contribution < 1.29 is 4.74 Å². The van der Waals surface area contributed by atoms with Crippen molar-refractivity contribution in [3.05, 3.63) is 33.8 Å². The molecular weight excluding hydrogens is 258 g/mol. The Labute approximate surface area is 121 Å². The van der Waals surface area contributed by atoms with Crippen molar-refractivity contribution in [1.29, 1.82) is 0 Å². The number of aryl methyl sites for hydroxylation is 2. The lowest BCUT2D eigenvalue weighted by molar-refractivity contribution is 0.0998. The van der Waals surface area contributed by atoms with E-state index >= 15 is 0 Å². The Morgan fingerprint density at radius 1 is 1.37 bits per heavy atom. The van der Waals surface area contributed by atoms with Gasteiger partial charge in [0.25, 0.3) is 0 Å². The highest BCUT2D eigenvalue weighted by Gasteiger charge is 2.19. The average molecular weight is 282 g/mol. The molecule has 0 saturated carbocycles. The summed E-state index contributed by atoms with van der Waals surface area (Å²) in [5.41, 5.74) is 3.78. The third-order valence-corrected chi connectivity index (χ3v) is 4.48. The number of rotatable bonds is 5. The normalized spacial score (nSPS) is 20.7. The van der Waals surface area contributed by atoms with E-state index in [1.807, 2.05) is 7.05 Å². The van der Waals surface area contributed by atoms with Gasteiger partial charge < -0.3 is 10.1 Å². The minimum atomic E-state index is 0.389. The van der Waals surface area contributed by atoms with E-state index in [0.717, 1.165) is 30.0 Å². The number of hydrogen-bond acceptors (Lipinski definition) is 2. The molecule has 0 aliphatic carbocycles. The van der Waals surface area contributed by atoms with Gasteiger partial charge in [0, 0.05) is 17.7 Å². The van der Waals surface area contributed by atoms with E-state index in [1.54, 1.807) is 0 Å². The molecule has 0 radical (unpaired) electrons. The summed E-state index contributed by atoms with van der Waals surface area (Å²) >= 11 is 6.17. The van der Waals surface area contributed by atoms with Gasteiger partial charge in [-0.25, -0.2) is 0 Å². The van der Waals surface area contributed by atoms with Crippen molar-refractivity contribution in [3.8, 4) is 0 Å². The highest BCUT2D eigenvalue weighted by molar-refractivity contribution is 6.31. The van der Waals surface area contributed by atoms with Gasteiger partial charge in [0.2, 0.25) is 0 Å². The largest absolute Gasteiger partial charge is 0.378 e. The van der Waals surface area contributed by atoms with Crippen LogP contribution in [0.3, 0.4) is 0 Å². The zero-order valence-electron chi connectivity index (χ0n) is 12.1. The number of benzene rings is 1. The Hall–Kier alpha value is -0.570. The maximum atomic E-state index is 6.17. The quantitative estimate of drug-likeness (QED) is 0.874. The van der Waals surface area contributed by atoms with Crippen LogP contribution in [0.5, 0.6) is 0 Å². The first kappa shape index (κ1) is 14.8. The van der Waals surface area contributed by atoms with Gasteiger partial charge in [0.15, 0.2) is 0 Å². The summed E-state index contributed by atoms with van der Waals surface area (Å²) in [4.78, 5) is 0. The Kier molecular flexibility index (Phi) is 5.26. The lowest BCUT2D eigenvalue weighted by Gasteiger charge is -2.21. The molecule has 19 heavy (non-hydrogen) atoms. The minimum Gasteiger partial charge on any atom is -0.378 e. The first-order valence-corrected chi connectivity index (χ1v) is 7.55. The third kappa shape index (κ3) is 3.71. The Morgan fingerprint density at radius 3 is 2.79 bits per heavy atom. The first-order chi connectivity index (χ1) is 9.11. The molecule has 1 fully saturated rings. The van der Waals surface area contributed by atoms with Crippen molar-refractivity contribution in [2.24, 2.45) is 0 Å². The average Bonchev–Trinajstić information content (AvgIpc) is 2.89. The van der Waals surface area contributed by atoms with Gasteiger partial charge >= 0.3 is 0 Å². The molecule has 2 unspecified atom stereocenters. The molecule has 0 bridgehead atoms. The molecule has 106 valence electrons. The van der Waals surface area contributed by atoms with Crippen LogP contribution < -0.4 is 5.32 Å². The SMILES string of the molecule is CNC(CCC1CCCO1)c1cc(C)c(Cl)cc1C. The van der Waals surface area contributed by atoms with Gasteiger partial charge in [0.05, 0.1) is 6.10 Å². The molecule has 2 rings (SSSR count). The van der Waals surface area contributed by atoms with Gasteiger partial charge in [-0.05, 0) is 69.3 Å². The predicted octanol–water partition coefficient (Wildman–Crippen LogP) is 4.18. The van der Waals surface area contributed by atoms with E-state index in [2.05, 4.69) is 31.3 Å². The van der Waals surface area contributed by atoms with Crippen molar-refractivity contribution in [2.45, 2.75) is 51.7 Å². The van der Waals surface area contributed by atoms with E-state index in [0.29, 0.717) is 12.1 Å². The monoisotopic (exact) mass is 281 g/mol. The Bertz CT molecular complexity index is 427. The van der Waals surface area contributed by atoms with Crippen molar-refractivity contribution >= 4 is 11.6 Å². The molecule has 1 N–H and O–H groups in total. The zero-order valence-corrected chi connectivity index (χ0v) is 12.9. The van der Waals surface area contributed by atoms with E-state index in [4.69, 9.17) is 16.3 Å². The molecular formula is C16H24ClNO. The number of nitrogens with one attached hydrogen (secondary N) is 1. The fourth-order valence-electron chi connectivity index (χ4n) is 2.86. The van der Waals surface area contributed by atoms with Crippen LogP contribution in [0.2, 0.25) is 5.02 Å². The fourth-order valence-corrected chi connectivity index (χ4v) is 3.08. The second-order valence-electron chi connectivity index (χ2n) is 5.51. The lowest BCUT2D eigenvalue weighted by Crippen LogP contribution is -2.19. The van der Waals surface area contributed by atoms with Crippen LogP contribution >= 0.6 is 11.6 Å². The van der Waals surface area contributed by atoms with Gasteiger partial charge in [0.1, 0.15) is 0 Å². The van der Waals surface area contributed by atoms with Gasteiger partial charge in [-0.3, -0.25) is 0 Å². The molecule has 0 spiro atoms. The lowest BCUT2D eigenvalue weighted by atomic mass is 9.94. The van der Waals surface area contributed by atoms with Gasteiger partial charge in [-0.2, -0.15) is 0 Å². The second kappa shape index (κ2) is 6.74. The van der Waals surface area contributed by atoms with E-state index in [1.165, 1.54) is 24.0 Å². The summed E-state index contributed by atoms with van der Waals surface area (Å²) in [6, 6.07) is 4.68. The van der Waals surface area contributed by atoms with Crippen molar-refractivity contribution in [1.82, 2.24) is 5.32 Å². The molecule has 1 saturated heterocycles. The minimum absolute atomic E-state index is 0.389. The molecule has 1 aliphatic rings. The highest BCUT2D eigenvalue weighted by Crippen LogP contribution is 2.29. The van der Waals surface area contributed by atoms with Gasteiger partial charge in [-0.1, -0.05) is 17.7 Å². The fraction of sp³-hybridized carbons (Fsp3) is 0.625. The summed E-state index contributed by atoms with van der Waals surface area (Å²) in [6.07, 6.45) is 5.14. The van der Waals surface area contributed by atoms with Crippen LogP contribution in [0.1, 0.15) is 48.4 Å². The number of ether oxygens (including phenoxy) is 1. The zero-order chi connectivity index (χ0) is 13.8. The molecule has 2 atom stereocenters. The number of halogens is 1. The van der Waals surface area contributed by atoms with Crippen LogP contribution in [0.15, 0.2) is 12.1 Å². The predicted molar refractivity (Wildman–Crippen MR) is 80.9 cm³/mol. The molecule has 1 aromatic rings. The summed E-state index contributed by atoms with van der Waals surface area (Å²) in [7, 11) is 2.03. The molecule has 1 aliphatic heterocycles. The van der Waals surface area contributed by atoms with Crippen molar-refractivity contribution in [3.63, 3.8) is 0 Å². The van der Waals surface area contributed by atoms with Crippen LogP contribution in [-0.4, -0.2) is 19.8 Å². The smallest absolute Gasteiger partial charge is 0.0576 e. The standard InChI is InChI=1S/C16H24ClNO/c1-11-10-15(17)12(2)9-14(11)16(18-3)7-6-13-5-4-8-19-13/h9-10,13,16,18H,4-8H2,1-3H3. The topological polar surface area (TPSA) is 21.3 Å². The maximum absolute atomic E-state index is 6.17. The van der Waals surface area contributed by atoms with Gasteiger partial charge in [-0.15, -0.1) is 0 Å². The summed E-state index contributed by atoms with van der Waals surface area (Å²) in [5, 5.41) is 4.29. The van der Waals surface area contributed by atoms with E-state index < -0.39 is 0 Å². The first-order valence-electron chi connectivity index (χ1n) is 7.17. The van der Waals surface area contributed by atoms with Crippen molar-refractivity contribution in [2.75, 3.05) is 13.7 Å². The summed E-state index contributed by atoms with van der Waals surface area (Å²) in [5.74, 6) is 0. The van der Waals surface area contributed by atoms with E-state index in [9.17, 15) is 0 Å². The summed E-state index contributed by atoms with van der Waals surface area (Å²) in [6.45, 7) is 5.14. The molecule has 0 aromatic heterocycles. The Morgan fingerprint density at radius 2 is 2.16 bits per heavy atom. The van der Waals surface area contributed by atoms with E-state index in [-0.39, 0.29) is 0 Å². The number of hydrogen-bond donors (Lipinski definition) is 1.